The largest absolute Gasteiger partial charge is 0.480 e. The first-order chi connectivity index (χ1) is 12.1. The van der Waals surface area contributed by atoms with Crippen LogP contribution in [0.25, 0.3) is 0 Å². The molecule has 156 valence electrons. The third kappa shape index (κ3) is 12.5. The van der Waals surface area contributed by atoms with Crippen molar-refractivity contribution < 1.29 is 38.9 Å². The SMILES string of the molecule is CC(C)(C)OC(=O)N[C@@H](CCC[C@@H](NC(=O)OC(C)(C)C)C(=O)O)C(=O)O. The van der Waals surface area contributed by atoms with E-state index in [4.69, 9.17) is 9.47 Å². The van der Waals surface area contributed by atoms with E-state index in [2.05, 4.69) is 10.6 Å². The maximum absolute atomic E-state index is 11.7. The van der Waals surface area contributed by atoms with Gasteiger partial charge in [0, 0.05) is 0 Å². The Morgan fingerprint density at radius 2 is 1.04 bits per heavy atom. The second kappa shape index (κ2) is 9.98. The smallest absolute Gasteiger partial charge is 0.408 e. The Morgan fingerprint density at radius 3 is 1.26 bits per heavy atom. The third-order valence-electron chi connectivity index (χ3n) is 2.96. The van der Waals surface area contributed by atoms with Crippen LogP contribution in [-0.4, -0.2) is 57.6 Å². The zero-order valence-corrected chi connectivity index (χ0v) is 16.6. The lowest BCUT2D eigenvalue weighted by molar-refractivity contribution is -0.139. The van der Waals surface area contributed by atoms with E-state index in [0.717, 1.165) is 0 Å². The van der Waals surface area contributed by atoms with Gasteiger partial charge in [-0.2, -0.15) is 0 Å². The van der Waals surface area contributed by atoms with Gasteiger partial charge in [-0.3, -0.25) is 0 Å². The summed E-state index contributed by atoms with van der Waals surface area (Å²) in [5.74, 6) is -2.54. The number of rotatable bonds is 8. The summed E-state index contributed by atoms with van der Waals surface area (Å²) in [5.41, 5.74) is -1.56. The molecule has 0 aliphatic heterocycles. The van der Waals surface area contributed by atoms with Gasteiger partial charge in [-0.05, 0) is 60.8 Å². The van der Waals surface area contributed by atoms with E-state index < -0.39 is 47.4 Å². The van der Waals surface area contributed by atoms with Crippen molar-refractivity contribution in [2.45, 2.75) is 84.1 Å². The lowest BCUT2D eigenvalue weighted by atomic mass is 10.1. The van der Waals surface area contributed by atoms with Crippen LogP contribution in [0.4, 0.5) is 9.59 Å². The molecule has 10 nitrogen and oxygen atoms in total. The van der Waals surface area contributed by atoms with Crippen molar-refractivity contribution >= 4 is 24.1 Å². The molecule has 0 fully saturated rings. The monoisotopic (exact) mass is 390 g/mol. The fraction of sp³-hybridized carbons (Fsp3) is 0.765. The molecule has 0 spiro atoms. The quantitative estimate of drug-likeness (QED) is 0.492. The van der Waals surface area contributed by atoms with Gasteiger partial charge in [0.1, 0.15) is 23.3 Å². The van der Waals surface area contributed by atoms with Crippen molar-refractivity contribution in [3.63, 3.8) is 0 Å². The number of aliphatic carboxylic acids is 2. The number of carbonyl (C=O) groups excluding carboxylic acids is 2. The topological polar surface area (TPSA) is 151 Å². The normalized spacial score (nSPS) is 13.9. The second-order valence-electron chi connectivity index (χ2n) is 8.01. The van der Waals surface area contributed by atoms with Crippen LogP contribution in [-0.2, 0) is 19.1 Å². The fourth-order valence-electron chi connectivity index (χ4n) is 1.94. The first-order valence-corrected chi connectivity index (χ1v) is 8.55. The molecule has 2 amide bonds. The minimum atomic E-state index is -1.27. The van der Waals surface area contributed by atoms with Crippen molar-refractivity contribution in [1.29, 1.82) is 0 Å². The van der Waals surface area contributed by atoms with Gasteiger partial charge < -0.3 is 30.3 Å². The number of carbonyl (C=O) groups is 4. The van der Waals surface area contributed by atoms with Crippen LogP contribution in [0, 0.1) is 0 Å². The summed E-state index contributed by atoms with van der Waals surface area (Å²) >= 11 is 0. The number of hydrogen-bond acceptors (Lipinski definition) is 6. The number of alkyl carbamates (subject to hydrolysis) is 2. The van der Waals surface area contributed by atoms with Gasteiger partial charge in [0.2, 0.25) is 0 Å². The summed E-state index contributed by atoms with van der Waals surface area (Å²) in [6.45, 7) is 9.85. The lowest BCUT2D eigenvalue weighted by Gasteiger charge is -2.23. The highest BCUT2D eigenvalue weighted by Gasteiger charge is 2.27. The molecular weight excluding hydrogens is 360 g/mol. The zero-order chi connectivity index (χ0) is 21.4. The average Bonchev–Trinajstić information content (AvgIpc) is 2.40. The number of nitrogens with one attached hydrogen (secondary N) is 2. The number of ether oxygens (including phenoxy) is 2. The summed E-state index contributed by atoms with van der Waals surface area (Å²) in [5, 5.41) is 22.8. The number of amides is 2. The van der Waals surface area contributed by atoms with Crippen LogP contribution in [0.5, 0.6) is 0 Å². The van der Waals surface area contributed by atoms with E-state index in [0.29, 0.717) is 0 Å². The van der Waals surface area contributed by atoms with Crippen molar-refractivity contribution in [2.24, 2.45) is 0 Å². The van der Waals surface area contributed by atoms with Crippen molar-refractivity contribution in [3.8, 4) is 0 Å². The van der Waals surface area contributed by atoms with Crippen LogP contribution < -0.4 is 10.6 Å². The van der Waals surface area contributed by atoms with Crippen molar-refractivity contribution in [1.82, 2.24) is 10.6 Å². The molecular formula is C17H30N2O8. The number of carboxylic acid groups (broad SMARTS) is 2. The Kier molecular flexibility index (Phi) is 9.05. The maximum atomic E-state index is 11.7. The maximum Gasteiger partial charge on any atom is 0.408 e. The fourth-order valence-corrected chi connectivity index (χ4v) is 1.94. The summed E-state index contributed by atoms with van der Waals surface area (Å²) in [4.78, 5) is 45.9. The predicted molar refractivity (Wildman–Crippen MR) is 95.4 cm³/mol. The van der Waals surface area contributed by atoms with E-state index in [1.165, 1.54) is 0 Å². The Morgan fingerprint density at radius 1 is 0.741 bits per heavy atom. The molecule has 0 bridgehead atoms. The third-order valence-corrected chi connectivity index (χ3v) is 2.96. The lowest BCUT2D eigenvalue weighted by Crippen LogP contribution is -2.45. The van der Waals surface area contributed by atoms with Gasteiger partial charge in [-0.1, -0.05) is 0 Å². The zero-order valence-electron chi connectivity index (χ0n) is 16.6. The van der Waals surface area contributed by atoms with Crippen molar-refractivity contribution in [2.75, 3.05) is 0 Å². The van der Waals surface area contributed by atoms with Gasteiger partial charge in [-0.25, -0.2) is 19.2 Å². The molecule has 0 saturated heterocycles. The van der Waals surface area contributed by atoms with Crippen molar-refractivity contribution in [3.05, 3.63) is 0 Å². The van der Waals surface area contributed by atoms with Crippen LogP contribution in [0.15, 0.2) is 0 Å². The average molecular weight is 390 g/mol. The minimum absolute atomic E-state index is 0.0334. The molecule has 0 aliphatic rings. The van der Waals surface area contributed by atoms with Crippen LogP contribution in [0.3, 0.4) is 0 Å². The highest BCUT2D eigenvalue weighted by Crippen LogP contribution is 2.11. The number of carboxylic acids is 2. The molecule has 0 heterocycles. The molecule has 0 saturated carbocycles. The molecule has 0 aliphatic carbocycles. The molecule has 0 aromatic rings. The van der Waals surface area contributed by atoms with Gasteiger partial charge >= 0.3 is 24.1 Å². The first kappa shape index (κ1) is 24.5. The molecule has 0 aromatic carbocycles. The molecule has 2 atom stereocenters. The second-order valence-corrected chi connectivity index (χ2v) is 8.01. The van der Waals surface area contributed by atoms with E-state index >= 15 is 0 Å². The Hall–Kier alpha value is -2.52. The van der Waals surface area contributed by atoms with Gasteiger partial charge in [0.15, 0.2) is 0 Å². The Labute approximate surface area is 158 Å². The van der Waals surface area contributed by atoms with E-state index in [1.54, 1.807) is 41.5 Å². The molecule has 27 heavy (non-hydrogen) atoms. The van der Waals surface area contributed by atoms with E-state index in [9.17, 15) is 29.4 Å². The molecule has 10 heteroatoms. The van der Waals surface area contributed by atoms with Crippen LogP contribution >= 0.6 is 0 Å². The standard InChI is InChI=1S/C17H30N2O8/c1-16(2,3)26-14(24)18-10(12(20)21)8-7-9-11(13(22)23)19-15(25)27-17(4,5)6/h10-11H,7-9H2,1-6H3,(H,18,24)(H,19,25)(H,20,21)(H,22,23)/t10-,11+. The van der Waals surface area contributed by atoms with Crippen LogP contribution in [0.2, 0.25) is 0 Å². The molecule has 0 radical (unpaired) electrons. The van der Waals surface area contributed by atoms with Gasteiger partial charge in [0.05, 0.1) is 0 Å². The first-order valence-electron chi connectivity index (χ1n) is 8.55. The Bertz CT molecular complexity index is 500. The minimum Gasteiger partial charge on any atom is -0.480 e. The summed E-state index contributed by atoms with van der Waals surface area (Å²) in [6.07, 6.45) is -1.70. The molecule has 0 rings (SSSR count). The predicted octanol–water partition coefficient (Wildman–Crippen LogP) is 2.11. The summed E-state index contributed by atoms with van der Waals surface area (Å²) in [6, 6.07) is -2.48. The highest BCUT2D eigenvalue weighted by molar-refractivity contribution is 5.80. The molecule has 0 aromatic heterocycles. The Balaban J connectivity index is 4.64. The highest BCUT2D eigenvalue weighted by atomic mass is 16.6. The molecule has 0 unspecified atom stereocenters. The van der Waals surface area contributed by atoms with E-state index in [-0.39, 0.29) is 19.3 Å². The summed E-state index contributed by atoms with van der Waals surface area (Å²) in [7, 11) is 0. The van der Waals surface area contributed by atoms with Gasteiger partial charge in [0.25, 0.3) is 0 Å². The summed E-state index contributed by atoms with van der Waals surface area (Å²) < 4.78 is 10.0. The van der Waals surface area contributed by atoms with Gasteiger partial charge in [-0.15, -0.1) is 0 Å². The molecule has 4 N–H and O–H groups in total. The van der Waals surface area contributed by atoms with E-state index in [1.807, 2.05) is 0 Å². The number of hydrogen-bond donors (Lipinski definition) is 4. The van der Waals surface area contributed by atoms with Crippen LogP contribution in [0.1, 0.15) is 60.8 Å².